The van der Waals surface area contributed by atoms with E-state index in [-0.39, 0.29) is 5.97 Å². The highest BCUT2D eigenvalue weighted by Gasteiger charge is 2.16. The van der Waals surface area contributed by atoms with E-state index in [0.29, 0.717) is 19.6 Å². The minimum atomic E-state index is -0.414. The van der Waals surface area contributed by atoms with Gasteiger partial charge in [0, 0.05) is 13.0 Å². The number of nitrogens with one attached hydrogen (secondary N) is 1. The largest absolute Gasteiger partial charge is 0.465 e. The van der Waals surface area contributed by atoms with E-state index in [1.54, 1.807) is 13.0 Å². The van der Waals surface area contributed by atoms with Crippen LogP contribution in [0, 0.1) is 12.3 Å². The summed E-state index contributed by atoms with van der Waals surface area (Å²) in [6.45, 7) is 6.21. The predicted molar refractivity (Wildman–Crippen MR) is 52.1 cm³/mol. The van der Waals surface area contributed by atoms with Gasteiger partial charge in [0.05, 0.1) is 6.61 Å². The standard InChI is InChI=1S/C10H15NO2/c1-4-7-9(11-8-5-2)10(12)13-6-3/h1,5,9,11H,2,6-8H2,3H3/t9-/m1/s1. The van der Waals surface area contributed by atoms with Gasteiger partial charge in [-0.1, -0.05) is 6.08 Å². The number of carbonyl (C=O) groups is 1. The third kappa shape index (κ3) is 5.05. The summed E-state index contributed by atoms with van der Waals surface area (Å²) in [5.41, 5.74) is 0. The van der Waals surface area contributed by atoms with Crippen LogP contribution in [0.3, 0.4) is 0 Å². The lowest BCUT2D eigenvalue weighted by atomic mass is 10.2. The van der Waals surface area contributed by atoms with Crippen LogP contribution in [0.25, 0.3) is 0 Å². The summed E-state index contributed by atoms with van der Waals surface area (Å²) in [4.78, 5) is 11.2. The molecule has 0 aliphatic rings. The number of carbonyl (C=O) groups excluding carboxylic acids is 1. The maximum atomic E-state index is 11.2. The van der Waals surface area contributed by atoms with E-state index in [2.05, 4.69) is 17.8 Å². The first-order valence-electron chi connectivity index (χ1n) is 4.20. The van der Waals surface area contributed by atoms with Crippen LogP contribution < -0.4 is 5.32 Å². The average Bonchev–Trinajstić information content (AvgIpc) is 2.12. The molecule has 0 aromatic heterocycles. The summed E-state index contributed by atoms with van der Waals surface area (Å²) < 4.78 is 4.82. The van der Waals surface area contributed by atoms with Crippen LogP contribution in [-0.4, -0.2) is 25.2 Å². The smallest absolute Gasteiger partial charge is 0.324 e. The highest BCUT2D eigenvalue weighted by Crippen LogP contribution is 1.94. The monoisotopic (exact) mass is 181 g/mol. The van der Waals surface area contributed by atoms with Gasteiger partial charge >= 0.3 is 5.97 Å². The highest BCUT2D eigenvalue weighted by atomic mass is 16.5. The first-order valence-corrected chi connectivity index (χ1v) is 4.20. The lowest BCUT2D eigenvalue weighted by molar-refractivity contribution is -0.145. The summed E-state index contributed by atoms with van der Waals surface area (Å²) in [5, 5.41) is 2.92. The third-order valence-corrected chi connectivity index (χ3v) is 1.40. The molecule has 0 saturated heterocycles. The van der Waals surface area contributed by atoms with Gasteiger partial charge in [-0.05, 0) is 6.92 Å². The van der Waals surface area contributed by atoms with Gasteiger partial charge < -0.3 is 10.1 Å². The second-order valence-corrected chi connectivity index (χ2v) is 2.41. The van der Waals surface area contributed by atoms with E-state index in [4.69, 9.17) is 11.2 Å². The molecule has 3 heteroatoms. The minimum Gasteiger partial charge on any atom is -0.465 e. The quantitative estimate of drug-likeness (QED) is 0.373. The molecule has 0 rings (SSSR count). The molecule has 0 heterocycles. The number of esters is 1. The van der Waals surface area contributed by atoms with Crippen molar-refractivity contribution in [3.63, 3.8) is 0 Å². The van der Waals surface area contributed by atoms with E-state index < -0.39 is 6.04 Å². The van der Waals surface area contributed by atoms with Crippen LogP contribution in [0.2, 0.25) is 0 Å². The van der Waals surface area contributed by atoms with E-state index in [9.17, 15) is 4.79 Å². The molecule has 3 nitrogen and oxygen atoms in total. The Kier molecular flexibility index (Phi) is 6.66. The second-order valence-electron chi connectivity index (χ2n) is 2.41. The van der Waals surface area contributed by atoms with E-state index in [0.717, 1.165) is 0 Å². The fraction of sp³-hybridized carbons (Fsp3) is 0.500. The predicted octanol–water partition coefficient (Wildman–Crippen LogP) is 0.717. The Bertz CT molecular complexity index is 205. The van der Waals surface area contributed by atoms with Crippen molar-refractivity contribution in [3.8, 4) is 12.3 Å². The molecule has 1 atom stereocenters. The summed E-state index contributed by atoms with van der Waals surface area (Å²) in [7, 11) is 0. The molecule has 0 aromatic carbocycles. The minimum absolute atomic E-state index is 0.303. The van der Waals surface area contributed by atoms with Gasteiger partial charge in [-0.25, -0.2) is 0 Å². The molecule has 13 heavy (non-hydrogen) atoms. The van der Waals surface area contributed by atoms with Crippen LogP contribution in [0.15, 0.2) is 12.7 Å². The summed E-state index contributed by atoms with van der Waals surface area (Å²) in [6.07, 6.45) is 7.12. The van der Waals surface area contributed by atoms with Crippen molar-refractivity contribution in [3.05, 3.63) is 12.7 Å². The number of terminal acetylenes is 1. The lowest BCUT2D eigenvalue weighted by Crippen LogP contribution is -2.37. The van der Waals surface area contributed by atoms with Crippen LogP contribution in [-0.2, 0) is 9.53 Å². The highest BCUT2D eigenvalue weighted by molar-refractivity contribution is 5.76. The second kappa shape index (κ2) is 7.38. The summed E-state index contributed by atoms with van der Waals surface area (Å²) in [5.74, 6) is 2.11. The van der Waals surface area contributed by atoms with Crippen LogP contribution in [0.4, 0.5) is 0 Å². The molecular weight excluding hydrogens is 166 g/mol. The zero-order chi connectivity index (χ0) is 10.1. The molecule has 0 amide bonds. The Labute approximate surface area is 79.2 Å². The fourth-order valence-electron chi connectivity index (χ4n) is 0.825. The SMILES string of the molecule is C#CC[C@@H](NCC=C)C(=O)OCC. The molecule has 0 saturated carbocycles. The molecule has 0 radical (unpaired) electrons. The third-order valence-electron chi connectivity index (χ3n) is 1.40. The van der Waals surface area contributed by atoms with E-state index in [1.807, 2.05) is 0 Å². The number of hydrogen-bond acceptors (Lipinski definition) is 3. The molecule has 0 spiro atoms. The zero-order valence-electron chi connectivity index (χ0n) is 7.88. The zero-order valence-corrected chi connectivity index (χ0v) is 7.88. The first-order chi connectivity index (χ1) is 6.26. The normalized spacial score (nSPS) is 11.4. The van der Waals surface area contributed by atoms with Crippen LogP contribution >= 0.6 is 0 Å². The molecule has 0 bridgehead atoms. The van der Waals surface area contributed by atoms with Gasteiger partial charge in [-0.3, -0.25) is 4.79 Å². The molecule has 0 aliphatic heterocycles. The molecule has 0 unspecified atom stereocenters. The molecule has 0 aliphatic carbocycles. The molecule has 0 fully saturated rings. The Morgan fingerprint density at radius 2 is 2.54 bits per heavy atom. The van der Waals surface area contributed by atoms with Crippen molar-refractivity contribution in [2.24, 2.45) is 0 Å². The molecular formula is C10H15NO2. The van der Waals surface area contributed by atoms with Gasteiger partial charge in [-0.2, -0.15) is 0 Å². The maximum Gasteiger partial charge on any atom is 0.324 e. The van der Waals surface area contributed by atoms with Gasteiger partial charge in [-0.15, -0.1) is 18.9 Å². The van der Waals surface area contributed by atoms with Crippen molar-refractivity contribution < 1.29 is 9.53 Å². The molecule has 72 valence electrons. The maximum absolute atomic E-state index is 11.2. The van der Waals surface area contributed by atoms with Crippen molar-refractivity contribution in [2.45, 2.75) is 19.4 Å². The number of ether oxygens (including phenoxy) is 1. The molecule has 0 aromatic rings. The average molecular weight is 181 g/mol. The number of hydrogen-bond donors (Lipinski definition) is 1. The topological polar surface area (TPSA) is 38.3 Å². The van der Waals surface area contributed by atoms with Gasteiger partial charge in [0.2, 0.25) is 0 Å². The summed E-state index contributed by atoms with van der Waals surface area (Å²) in [6, 6.07) is -0.414. The first kappa shape index (κ1) is 11.7. The van der Waals surface area contributed by atoms with Crippen molar-refractivity contribution in [2.75, 3.05) is 13.2 Å². The van der Waals surface area contributed by atoms with Gasteiger partial charge in [0.25, 0.3) is 0 Å². The Morgan fingerprint density at radius 3 is 3.00 bits per heavy atom. The van der Waals surface area contributed by atoms with Crippen molar-refractivity contribution in [1.29, 1.82) is 0 Å². The van der Waals surface area contributed by atoms with Crippen LogP contribution in [0.5, 0.6) is 0 Å². The Morgan fingerprint density at radius 1 is 1.85 bits per heavy atom. The lowest BCUT2D eigenvalue weighted by Gasteiger charge is -2.13. The molecule has 1 N–H and O–H groups in total. The Balaban J connectivity index is 3.99. The van der Waals surface area contributed by atoms with Crippen LogP contribution in [0.1, 0.15) is 13.3 Å². The van der Waals surface area contributed by atoms with Gasteiger partial charge in [0.1, 0.15) is 6.04 Å². The fourth-order valence-corrected chi connectivity index (χ4v) is 0.825. The number of rotatable bonds is 6. The summed E-state index contributed by atoms with van der Waals surface area (Å²) >= 11 is 0. The van der Waals surface area contributed by atoms with E-state index >= 15 is 0 Å². The Hall–Kier alpha value is -1.27. The van der Waals surface area contributed by atoms with E-state index in [1.165, 1.54) is 0 Å². The van der Waals surface area contributed by atoms with Crippen molar-refractivity contribution >= 4 is 5.97 Å². The van der Waals surface area contributed by atoms with Crippen molar-refractivity contribution in [1.82, 2.24) is 5.32 Å². The van der Waals surface area contributed by atoms with Gasteiger partial charge in [0.15, 0.2) is 0 Å².